The lowest BCUT2D eigenvalue weighted by Crippen LogP contribution is -1.94. The molecule has 14 heavy (non-hydrogen) atoms. The first-order valence-corrected chi connectivity index (χ1v) is 4.44. The van der Waals surface area contributed by atoms with Crippen LogP contribution in [-0.2, 0) is 6.42 Å². The van der Waals surface area contributed by atoms with E-state index in [1.54, 1.807) is 6.20 Å². The second-order valence-corrected chi connectivity index (χ2v) is 2.98. The van der Waals surface area contributed by atoms with Crippen molar-refractivity contribution in [2.75, 3.05) is 6.54 Å². The zero-order valence-electron chi connectivity index (χ0n) is 7.64. The molecule has 0 aliphatic carbocycles. The van der Waals surface area contributed by atoms with Crippen molar-refractivity contribution in [2.24, 2.45) is 0 Å². The Balaban J connectivity index is 2.37. The van der Waals surface area contributed by atoms with Crippen molar-refractivity contribution >= 4 is 11.0 Å². The van der Waals surface area contributed by atoms with Crippen molar-refractivity contribution in [1.82, 2.24) is 9.97 Å². The maximum absolute atomic E-state index is 6.69. The molecule has 0 saturated heterocycles. The van der Waals surface area contributed by atoms with Gasteiger partial charge in [-0.1, -0.05) is 12.1 Å². The summed E-state index contributed by atoms with van der Waals surface area (Å²) >= 11 is 0. The van der Waals surface area contributed by atoms with Gasteiger partial charge in [0.15, 0.2) is 0 Å². The Hall–Kier alpha value is -1.95. The minimum atomic E-state index is 0.479. The van der Waals surface area contributed by atoms with Gasteiger partial charge in [0.2, 0.25) is 6.54 Å². The molecule has 0 saturated carbocycles. The third-order valence-corrected chi connectivity index (χ3v) is 1.98. The number of benzene rings is 1. The molecule has 0 aliphatic rings. The van der Waals surface area contributed by atoms with Crippen molar-refractivity contribution in [3.63, 3.8) is 0 Å². The molecule has 0 spiro atoms. The molecule has 0 radical (unpaired) electrons. The average Bonchev–Trinajstić information content (AvgIpc) is 2.26. The third-order valence-electron chi connectivity index (χ3n) is 1.98. The van der Waals surface area contributed by atoms with E-state index in [2.05, 4.69) is 14.8 Å². The first-order chi connectivity index (χ1) is 6.90. The molecule has 0 atom stereocenters. The lowest BCUT2D eigenvalue weighted by atomic mass is 10.2. The lowest BCUT2D eigenvalue weighted by Gasteiger charge is -1.98. The molecule has 68 valence electrons. The van der Waals surface area contributed by atoms with Gasteiger partial charge in [-0.2, -0.15) is 0 Å². The molecule has 0 bridgehead atoms. The summed E-state index contributed by atoms with van der Waals surface area (Å²) < 4.78 is 0. The highest BCUT2D eigenvalue weighted by Gasteiger charge is 1.99. The molecule has 0 N–H and O–H groups in total. The molecule has 0 unspecified atom stereocenters. The Bertz CT molecular complexity index is 485. The molecule has 2 rings (SSSR count). The first kappa shape index (κ1) is 8.64. The molecular weight excluding hydrogens is 174 g/mol. The lowest BCUT2D eigenvalue weighted by molar-refractivity contribution is 0.996. The number of hydrogen-bond acceptors (Lipinski definition) is 2. The van der Waals surface area contributed by atoms with Gasteiger partial charge in [-0.25, -0.2) is 11.6 Å². The largest absolute Gasteiger partial charge is 0.317 e. The quantitative estimate of drug-likeness (QED) is 0.667. The van der Waals surface area contributed by atoms with E-state index < -0.39 is 0 Å². The highest BCUT2D eigenvalue weighted by atomic mass is 14.8. The van der Waals surface area contributed by atoms with Crippen LogP contribution in [0.15, 0.2) is 30.5 Å². The van der Waals surface area contributed by atoms with Gasteiger partial charge in [0, 0.05) is 6.20 Å². The van der Waals surface area contributed by atoms with E-state index in [1.165, 1.54) is 0 Å². The van der Waals surface area contributed by atoms with E-state index in [0.717, 1.165) is 16.7 Å². The second kappa shape index (κ2) is 3.84. The van der Waals surface area contributed by atoms with E-state index in [0.29, 0.717) is 13.0 Å². The van der Waals surface area contributed by atoms with Crippen LogP contribution in [0, 0.1) is 6.57 Å². The van der Waals surface area contributed by atoms with Crippen molar-refractivity contribution in [1.29, 1.82) is 0 Å². The van der Waals surface area contributed by atoms with Gasteiger partial charge in [-0.3, -0.25) is 4.98 Å². The predicted molar refractivity (Wildman–Crippen MR) is 54.7 cm³/mol. The Kier molecular flexibility index (Phi) is 2.37. The highest BCUT2D eigenvalue weighted by Crippen LogP contribution is 2.08. The monoisotopic (exact) mass is 183 g/mol. The normalized spacial score (nSPS) is 9.93. The van der Waals surface area contributed by atoms with E-state index in [4.69, 9.17) is 6.57 Å². The summed E-state index contributed by atoms with van der Waals surface area (Å²) in [6.45, 7) is 7.17. The molecule has 1 aromatic carbocycles. The van der Waals surface area contributed by atoms with Gasteiger partial charge >= 0.3 is 0 Å². The molecule has 1 aromatic heterocycles. The number of hydrogen-bond donors (Lipinski definition) is 0. The number of rotatable bonds is 2. The third kappa shape index (κ3) is 1.69. The van der Waals surface area contributed by atoms with Crippen LogP contribution in [0.25, 0.3) is 15.9 Å². The molecule has 0 aliphatic heterocycles. The average molecular weight is 183 g/mol. The molecule has 2 aromatic rings. The van der Waals surface area contributed by atoms with E-state index >= 15 is 0 Å². The van der Waals surface area contributed by atoms with Crippen molar-refractivity contribution in [3.8, 4) is 0 Å². The maximum atomic E-state index is 6.69. The summed E-state index contributed by atoms with van der Waals surface area (Å²) in [4.78, 5) is 12.0. The van der Waals surface area contributed by atoms with Gasteiger partial charge in [-0.15, -0.1) is 0 Å². The summed E-state index contributed by atoms with van der Waals surface area (Å²) in [7, 11) is 0. The van der Waals surface area contributed by atoms with Crippen molar-refractivity contribution in [3.05, 3.63) is 47.6 Å². The van der Waals surface area contributed by atoms with Gasteiger partial charge < -0.3 is 4.85 Å². The van der Waals surface area contributed by atoms with E-state index in [9.17, 15) is 0 Å². The summed E-state index contributed by atoms with van der Waals surface area (Å²) in [5, 5.41) is 0. The summed E-state index contributed by atoms with van der Waals surface area (Å²) in [6.07, 6.45) is 2.43. The van der Waals surface area contributed by atoms with Gasteiger partial charge in [0.05, 0.1) is 23.1 Å². The number of nitrogens with zero attached hydrogens (tertiary/aromatic N) is 3. The van der Waals surface area contributed by atoms with Crippen LogP contribution in [0.5, 0.6) is 0 Å². The SMILES string of the molecule is [C-]#[N+]CCc1cnc2ccccc2n1. The van der Waals surface area contributed by atoms with Crippen LogP contribution >= 0.6 is 0 Å². The number of aromatic nitrogens is 2. The minimum Gasteiger partial charge on any atom is -0.317 e. The molecule has 0 amide bonds. The molecule has 0 fully saturated rings. The second-order valence-electron chi connectivity index (χ2n) is 2.98. The number of para-hydroxylation sites is 2. The zero-order chi connectivity index (χ0) is 9.80. The van der Waals surface area contributed by atoms with Crippen LogP contribution in [-0.4, -0.2) is 16.5 Å². The van der Waals surface area contributed by atoms with Gasteiger partial charge in [-0.05, 0) is 12.1 Å². The summed E-state index contributed by atoms with van der Waals surface area (Å²) in [5.41, 5.74) is 2.69. The summed E-state index contributed by atoms with van der Waals surface area (Å²) in [5.74, 6) is 0. The fourth-order valence-electron chi connectivity index (χ4n) is 1.29. The van der Waals surface area contributed by atoms with E-state index in [-0.39, 0.29) is 0 Å². The molecular formula is C11H9N3. The fraction of sp³-hybridized carbons (Fsp3) is 0.182. The highest BCUT2D eigenvalue weighted by molar-refractivity contribution is 5.73. The van der Waals surface area contributed by atoms with E-state index in [1.807, 2.05) is 24.3 Å². The molecule has 3 heteroatoms. The maximum Gasteiger partial charge on any atom is 0.220 e. The Morgan fingerprint density at radius 1 is 1.21 bits per heavy atom. The smallest absolute Gasteiger partial charge is 0.220 e. The van der Waals surface area contributed by atoms with Gasteiger partial charge in [0.25, 0.3) is 0 Å². The standard InChI is InChI=1S/C11H9N3/c1-12-7-6-9-8-13-10-4-2-3-5-11(10)14-9/h2-5,8H,6-7H2. The van der Waals surface area contributed by atoms with Crippen LogP contribution < -0.4 is 0 Å². The van der Waals surface area contributed by atoms with Crippen LogP contribution in [0.4, 0.5) is 0 Å². The molecule has 1 heterocycles. The Morgan fingerprint density at radius 2 is 2.00 bits per heavy atom. The first-order valence-electron chi connectivity index (χ1n) is 4.44. The minimum absolute atomic E-state index is 0.479. The van der Waals surface area contributed by atoms with Crippen LogP contribution in [0.2, 0.25) is 0 Å². The number of fused-ring (bicyclic) bond motifs is 1. The van der Waals surface area contributed by atoms with Crippen molar-refractivity contribution < 1.29 is 0 Å². The molecule has 3 nitrogen and oxygen atoms in total. The Morgan fingerprint density at radius 3 is 2.79 bits per heavy atom. The predicted octanol–water partition coefficient (Wildman–Crippen LogP) is 2.09. The summed E-state index contributed by atoms with van der Waals surface area (Å²) in [6, 6.07) is 7.75. The fourth-order valence-corrected chi connectivity index (χ4v) is 1.29. The Labute approximate surface area is 82.2 Å². The topological polar surface area (TPSA) is 30.1 Å². The van der Waals surface area contributed by atoms with Crippen LogP contribution in [0.1, 0.15) is 5.69 Å². The van der Waals surface area contributed by atoms with Crippen molar-refractivity contribution in [2.45, 2.75) is 6.42 Å². The van der Waals surface area contributed by atoms with Crippen LogP contribution in [0.3, 0.4) is 0 Å². The zero-order valence-corrected chi connectivity index (χ0v) is 7.64. The van der Waals surface area contributed by atoms with Gasteiger partial charge in [0.1, 0.15) is 0 Å².